The Bertz CT molecular complexity index is 1270. The largest absolute Gasteiger partial charge is 0.484 e. The molecule has 0 atom stereocenters. The van der Waals surface area contributed by atoms with Gasteiger partial charge in [-0.3, -0.25) is 4.79 Å². The molecule has 0 saturated carbocycles. The van der Waals surface area contributed by atoms with E-state index in [4.69, 9.17) is 16.3 Å². The first-order chi connectivity index (χ1) is 15.9. The zero-order valence-electron chi connectivity index (χ0n) is 18.3. The second kappa shape index (κ2) is 10.4. The van der Waals surface area contributed by atoms with Crippen molar-refractivity contribution < 1.29 is 9.53 Å². The maximum atomic E-state index is 12.4. The van der Waals surface area contributed by atoms with E-state index in [1.165, 1.54) is 28.7 Å². The summed E-state index contributed by atoms with van der Waals surface area (Å²) in [6.45, 7) is 4.24. The molecule has 0 unspecified atom stereocenters. The molecule has 0 bridgehead atoms. The van der Waals surface area contributed by atoms with Gasteiger partial charge in [-0.15, -0.1) is 21.5 Å². The number of thioether (sulfide) groups is 1. The lowest BCUT2D eigenvalue weighted by atomic mass is 10.1. The van der Waals surface area contributed by atoms with E-state index in [0.717, 1.165) is 16.8 Å². The molecule has 1 N–H and O–H groups in total. The summed E-state index contributed by atoms with van der Waals surface area (Å²) in [5, 5.41) is 14.9. The monoisotopic (exact) mass is 499 g/mol. The SMILES string of the molecule is Cc1ccc(-c2csc(NC(=O)CSc3nnc(COc4cc(C)ccc4Cl)n3C)n2)cc1. The number of nitrogens with one attached hydrogen (secondary N) is 1. The van der Waals surface area contributed by atoms with Gasteiger partial charge in [-0.1, -0.05) is 59.3 Å². The average Bonchev–Trinajstić information content (AvgIpc) is 3.40. The molecular weight excluding hydrogens is 478 g/mol. The highest BCUT2D eigenvalue weighted by atomic mass is 35.5. The molecule has 2 aromatic carbocycles. The zero-order chi connectivity index (χ0) is 23.4. The molecule has 2 heterocycles. The average molecular weight is 500 g/mol. The lowest BCUT2D eigenvalue weighted by Crippen LogP contribution is -2.14. The molecule has 0 aliphatic heterocycles. The highest BCUT2D eigenvalue weighted by molar-refractivity contribution is 7.99. The molecule has 4 rings (SSSR count). The van der Waals surface area contributed by atoms with Crippen LogP contribution in [0, 0.1) is 13.8 Å². The van der Waals surface area contributed by atoms with Gasteiger partial charge in [0.05, 0.1) is 16.5 Å². The number of benzene rings is 2. The van der Waals surface area contributed by atoms with Crippen molar-refractivity contribution in [2.24, 2.45) is 7.05 Å². The third-order valence-electron chi connectivity index (χ3n) is 4.80. The first-order valence-corrected chi connectivity index (χ1v) is 12.4. The van der Waals surface area contributed by atoms with E-state index in [2.05, 4.69) is 20.5 Å². The van der Waals surface area contributed by atoms with Crippen LogP contribution in [0.25, 0.3) is 11.3 Å². The van der Waals surface area contributed by atoms with E-state index >= 15 is 0 Å². The Kier molecular flexibility index (Phi) is 7.32. The summed E-state index contributed by atoms with van der Waals surface area (Å²) >= 11 is 8.88. The van der Waals surface area contributed by atoms with Crippen molar-refractivity contribution in [1.29, 1.82) is 0 Å². The molecule has 170 valence electrons. The predicted molar refractivity (Wildman–Crippen MR) is 133 cm³/mol. The van der Waals surface area contributed by atoms with Crippen molar-refractivity contribution in [1.82, 2.24) is 19.7 Å². The van der Waals surface area contributed by atoms with Crippen molar-refractivity contribution in [3.63, 3.8) is 0 Å². The Morgan fingerprint density at radius 1 is 1.15 bits per heavy atom. The molecule has 2 aromatic heterocycles. The number of anilines is 1. The molecule has 0 spiro atoms. The number of aryl methyl sites for hydroxylation is 2. The quantitative estimate of drug-likeness (QED) is 0.321. The van der Waals surface area contributed by atoms with Crippen LogP contribution in [0.2, 0.25) is 5.02 Å². The standard InChI is InChI=1S/C23H22ClN5O2S2/c1-14-4-7-16(8-5-14)18-12-32-22(25-18)26-21(30)13-33-23-28-27-20(29(23)3)11-31-19-10-15(2)6-9-17(19)24/h4-10,12H,11,13H2,1-3H3,(H,25,26,30). The molecule has 0 fully saturated rings. The van der Waals surface area contributed by atoms with Gasteiger partial charge < -0.3 is 14.6 Å². The van der Waals surface area contributed by atoms with Gasteiger partial charge >= 0.3 is 0 Å². The fraction of sp³-hybridized carbons (Fsp3) is 0.217. The lowest BCUT2D eigenvalue weighted by molar-refractivity contribution is -0.113. The van der Waals surface area contributed by atoms with Crippen LogP contribution in [0.1, 0.15) is 17.0 Å². The molecule has 4 aromatic rings. The summed E-state index contributed by atoms with van der Waals surface area (Å²) < 4.78 is 7.60. The fourth-order valence-corrected chi connectivity index (χ4v) is 4.57. The van der Waals surface area contributed by atoms with Crippen molar-refractivity contribution in [3.8, 4) is 17.0 Å². The van der Waals surface area contributed by atoms with Crippen LogP contribution in [-0.4, -0.2) is 31.4 Å². The number of aromatic nitrogens is 4. The molecule has 10 heteroatoms. The van der Waals surface area contributed by atoms with Crippen LogP contribution in [0.3, 0.4) is 0 Å². The maximum Gasteiger partial charge on any atom is 0.236 e. The van der Waals surface area contributed by atoms with E-state index in [9.17, 15) is 4.79 Å². The molecule has 0 radical (unpaired) electrons. The minimum Gasteiger partial charge on any atom is -0.484 e. The maximum absolute atomic E-state index is 12.4. The van der Waals surface area contributed by atoms with Crippen LogP contribution >= 0.6 is 34.7 Å². The second-order valence-electron chi connectivity index (χ2n) is 7.42. The normalized spacial score (nSPS) is 10.9. The van der Waals surface area contributed by atoms with Crippen LogP contribution in [0.4, 0.5) is 5.13 Å². The van der Waals surface area contributed by atoms with Crippen LogP contribution in [-0.2, 0) is 18.4 Å². The van der Waals surface area contributed by atoms with Gasteiger partial charge in [0.1, 0.15) is 12.4 Å². The Hall–Kier alpha value is -2.88. The minimum absolute atomic E-state index is 0.155. The summed E-state index contributed by atoms with van der Waals surface area (Å²) in [5.74, 6) is 1.27. The van der Waals surface area contributed by atoms with E-state index in [-0.39, 0.29) is 18.3 Å². The summed E-state index contributed by atoms with van der Waals surface area (Å²) in [6, 6.07) is 13.7. The number of thiazole rings is 1. The third kappa shape index (κ3) is 5.93. The number of amides is 1. The Labute approximate surface area is 205 Å². The highest BCUT2D eigenvalue weighted by Gasteiger charge is 2.14. The van der Waals surface area contributed by atoms with Gasteiger partial charge in [0.2, 0.25) is 5.91 Å². The summed E-state index contributed by atoms with van der Waals surface area (Å²) in [5.41, 5.74) is 4.11. The first-order valence-electron chi connectivity index (χ1n) is 10.1. The minimum atomic E-state index is -0.155. The Balaban J connectivity index is 1.30. The summed E-state index contributed by atoms with van der Waals surface area (Å²) in [4.78, 5) is 16.9. The van der Waals surface area contributed by atoms with Gasteiger partial charge in [0.15, 0.2) is 16.1 Å². The molecule has 1 amide bonds. The van der Waals surface area contributed by atoms with Crippen molar-refractivity contribution >= 4 is 45.7 Å². The predicted octanol–water partition coefficient (Wildman–Crippen LogP) is 5.52. The number of ether oxygens (including phenoxy) is 1. The van der Waals surface area contributed by atoms with Crippen molar-refractivity contribution in [3.05, 3.63) is 69.8 Å². The molecular formula is C23H22ClN5O2S2. The Morgan fingerprint density at radius 2 is 1.91 bits per heavy atom. The Morgan fingerprint density at radius 3 is 2.70 bits per heavy atom. The zero-order valence-corrected chi connectivity index (χ0v) is 20.7. The molecule has 0 saturated heterocycles. The number of halogens is 1. The van der Waals surface area contributed by atoms with Crippen LogP contribution < -0.4 is 10.1 Å². The van der Waals surface area contributed by atoms with Crippen LogP contribution in [0.5, 0.6) is 5.75 Å². The molecule has 0 aliphatic carbocycles. The molecule has 7 nitrogen and oxygen atoms in total. The molecule has 33 heavy (non-hydrogen) atoms. The number of hydrogen-bond acceptors (Lipinski definition) is 7. The second-order valence-corrected chi connectivity index (χ2v) is 9.63. The van der Waals surface area contributed by atoms with E-state index in [0.29, 0.717) is 26.9 Å². The van der Waals surface area contributed by atoms with E-state index < -0.39 is 0 Å². The summed E-state index contributed by atoms with van der Waals surface area (Å²) in [7, 11) is 1.84. The number of carbonyl (C=O) groups excluding carboxylic acids is 1. The van der Waals surface area contributed by atoms with E-state index in [1.807, 2.05) is 62.7 Å². The van der Waals surface area contributed by atoms with Gasteiger partial charge in [-0.2, -0.15) is 0 Å². The topological polar surface area (TPSA) is 81.9 Å². The first kappa shape index (κ1) is 23.3. The number of carbonyl (C=O) groups is 1. The summed E-state index contributed by atoms with van der Waals surface area (Å²) in [6.07, 6.45) is 0. The third-order valence-corrected chi connectivity index (χ3v) is 6.89. The van der Waals surface area contributed by atoms with Crippen molar-refractivity contribution in [2.45, 2.75) is 25.6 Å². The fourth-order valence-electron chi connectivity index (χ4n) is 2.93. The van der Waals surface area contributed by atoms with E-state index in [1.54, 1.807) is 10.6 Å². The highest BCUT2D eigenvalue weighted by Crippen LogP contribution is 2.27. The number of rotatable bonds is 8. The smallest absolute Gasteiger partial charge is 0.236 e. The van der Waals surface area contributed by atoms with Gasteiger partial charge in [-0.25, -0.2) is 4.98 Å². The van der Waals surface area contributed by atoms with Gasteiger partial charge in [0.25, 0.3) is 0 Å². The lowest BCUT2D eigenvalue weighted by Gasteiger charge is -2.09. The van der Waals surface area contributed by atoms with Gasteiger partial charge in [-0.05, 0) is 31.5 Å². The van der Waals surface area contributed by atoms with Crippen molar-refractivity contribution in [2.75, 3.05) is 11.1 Å². The number of hydrogen-bond donors (Lipinski definition) is 1. The number of nitrogens with zero attached hydrogens (tertiary/aromatic N) is 4. The van der Waals surface area contributed by atoms with Crippen LogP contribution in [0.15, 0.2) is 53.0 Å². The van der Waals surface area contributed by atoms with Gasteiger partial charge in [0, 0.05) is 18.0 Å². The molecule has 0 aliphatic rings.